The summed E-state index contributed by atoms with van der Waals surface area (Å²) in [6, 6.07) is 7.43. The fourth-order valence-corrected chi connectivity index (χ4v) is 3.92. The molecule has 30 heavy (non-hydrogen) atoms. The van der Waals surface area contributed by atoms with Crippen LogP contribution in [0.25, 0.3) is 22.2 Å². The van der Waals surface area contributed by atoms with Crippen molar-refractivity contribution in [1.82, 2.24) is 24.6 Å². The smallest absolute Gasteiger partial charge is 0.255 e. The summed E-state index contributed by atoms with van der Waals surface area (Å²) in [7, 11) is 1.77. The Kier molecular flexibility index (Phi) is 5.05. The number of para-hydroxylation sites is 1. The van der Waals surface area contributed by atoms with Crippen LogP contribution >= 0.6 is 0 Å². The van der Waals surface area contributed by atoms with Gasteiger partial charge in [-0.05, 0) is 39.3 Å². The Morgan fingerprint density at radius 2 is 2.00 bits per heavy atom. The SMILES string of the molecule is Cc1cccc2c(C(=O)N3CCN(C)C(=O)[C@@H]3C)cc(-c3cnn(C(C)C)c3)nc12. The molecular weight excluding hydrogens is 378 g/mol. The minimum Gasteiger partial charge on any atom is -0.342 e. The summed E-state index contributed by atoms with van der Waals surface area (Å²) in [5.74, 6) is -0.179. The first-order valence-electron chi connectivity index (χ1n) is 10.3. The van der Waals surface area contributed by atoms with E-state index in [1.54, 1.807) is 30.0 Å². The van der Waals surface area contributed by atoms with Gasteiger partial charge in [-0.2, -0.15) is 5.10 Å². The molecule has 1 aliphatic rings. The van der Waals surface area contributed by atoms with Crippen LogP contribution in [0.4, 0.5) is 0 Å². The Morgan fingerprint density at radius 1 is 1.23 bits per heavy atom. The minimum absolute atomic E-state index is 0.0393. The number of nitrogens with zero attached hydrogens (tertiary/aromatic N) is 5. The van der Waals surface area contributed by atoms with Crippen LogP contribution in [0.5, 0.6) is 0 Å². The average molecular weight is 406 g/mol. The molecule has 0 aliphatic carbocycles. The number of amides is 2. The molecule has 1 saturated heterocycles. The van der Waals surface area contributed by atoms with Crippen LogP contribution < -0.4 is 0 Å². The van der Waals surface area contributed by atoms with E-state index in [0.29, 0.717) is 24.3 Å². The van der Waals surface area contributed by atoms with E-state index in [9.17, 15) is 9.59 Å². The molecule has 0 N–H and O–H groups in total. The lowest BCUT2D eigenvalue weighted by molar-refractivity contribution is -0.137. The monoisotopic (exact) mass is 405 g/mol. The van der Waals surface area contributed by atoms with Gasteiger partial charge in [-0.15, -0.1) is 0 Å². The van der Waals surface area contributed by atoms with E-state index in [2.05, 4.69) is 18.9 Å². The maximum atomic E-state index is 13.6. The van der Waals surface area contributed by atoms with Crippen molar-refractivity contribution in [3.8, 4) is 11.3 Å². The molecule has 1 atom stereocenters. The Bertz CT molecular complexity index is 1130. The van der Waals surface area contributed by atoms with Gasteiger partial charge in [-0.25, -0.2) is 4.98 Å². The molecule has 0 saturated carbocycles. The molecule has 1 aliphatic heterocycles. The first-order chi connectivity index (χ1) is 14.3. The zero-order valence-corrected chi connectivity index (χ0v) is 18.1. The number of aromatic nitrogens is 3. The van der Waals surface area contributed by atoms with Crippen LogP contribution in [-0.2, 0) is 4.79 Å². The molecule has 1 fully saturated rings. The van der Waals surface area contributed by atoms with Crippen molar-refractivity contribution in [3.05, 3.63) is 47.8 Å². The summed E-state index contributed by atoms with van der Waals surface area (Å²) in [6.07, 6.45) is 3.73. The van der Waals surface area contributed by atoms with Crippen molar-refractivity contribution < 1.29 is 9.59 Å². The van der Waals surface area contributed by atoms with Crippen LogP contribution in [0.3, 0.4) is 0 Å². The Labute approximate surface area is 176 Å². The fraction of sp³-hybridized carbons (Fsp3) is 0.391. The fourth-order valence-electron chi connectivity index (χ4n) is 3.92. The number of rotatable bonds is 3. The highest BCUT2D eigenvalue weighted by atomic mass is 16.2. The van der Waals surface area contributed by atoms with E-state index in [1.807, 2.05) is 42.1 Å². The van der Waals surface area contributed by atoms with Crippen molar-refractivity contribution in [2.45, 2.75) is 39.8 Å². The molecule has 0 unspecified atom stereocenters. The molecule has 3 heterocycles. The van der Waals surface area contributed by atoms with Crippen molar-refractivity contribution in [2.75, 3.05) is 20.1 Å². The topological polar surface area (TPSA) is 71.3 Å². The maximum Gasteiger partial charge on any atom is 0.255 e. The lowest BCUT2D eigenvalue weighted by Gasteiger charge is -2.37. The zero-order chi connectivity index (χ0) is 21.6. The van der Waals surface area contributed by atoms with Crippen molar-refractivity contribution in [1.29, 1.82) is 0 Å². The Morgan fingerprint density at radius 3 is 2.70 bits per heavy atom. The minimum atomic E-state index is -0.489. The predicted octanol–water partition coefficient (Wildman–Crippen LogP) is 3.29. The molecule has 2 aromatic heterocycles. The summed E-state index contributed by atoms with van der Waals surface area (Å²) in [5, 5.41) is 5.22. The third-order valence-corrected chi connectivity index (χ3v) is 5.84. The molecular formula is C23H27N5O2. The van der Waals surface area contributed by atoms with Crippen LogP contribution in [-0.4, -0.2) is 62.6 Å². The second-order valence-electron chi connectivity index (χ2n) is 8.26. The number of pyridine rings is 1. The van der Waals surface area contributed by atoms with E-state index in [4.69, 9.17) is 4.98 Å². The molecule has 0 bridgehead atoms. The largest absolute Gasteiger partial charge is 0.342 e. The second-order valence-corrected chi connectivity index (χ2v) is 8.26. The van der Waals surface area contributed by atoms with E-state index in [0.717, 1.165) is 22.0 Å². The Balaban J connectivity index is 1.85. The van der Waals surface area contributed by atoms with Crippen LogP contribution in [0.15, 0.2) is 36.7 Å². The molecule has 7 nitrogen and oxygen atoms in total. The predicted molar refractivity (Wildman–Crippen MR) is 116 cm³/mol. The van der Waals surface area contributed by atoms with E-state index in [1.165, 1.54) is 0 Å². The number of carbonyl (C=O) groups excluding carboxylic acids is 2. The summed E-state index contributed by atoms with van der Waals surface area (Å²) >= 11 is 0. The maximum absolute atomic E-state index is 13.6. The van der Waals surface area contributed by atoms with Crippen molar-refractivity contribution >= 4 is 22.7 Å². The summed E-state index contributed by atoms with van der Waals surface area (Å²) in [5.41, 5.74) is 3.94. The number of piperazine rings is 1. The van der Waals surface area contributed by atoms with Gasteiger partial charge in [0.2, 0.25) is 5.91 Å². The number of carbonyl (C=O) groups is 2. The van der Waals surface area contributed by atoms with Crippen LogP contribution in [0, 0.1) is 6.92 Å². The van der Waals surface area contributed by atoms with Gasteiger partial charge in [0.15, 0.2) is 0 Å². The molecule has 2 amide bonds. The molecule has 4 rings (SSSR count). The number of aryl methyl sites for hydroxylation is 1. The lowest BCUT2D eigenvalue weighted by Crippen LogP contribution is -2.56. The van der Waals surface area contributed by atoms with E-state index in [-0.39, 0.29) is 17.9 Å². The van der Waals surface area contributed by atoms with Crippen LogP contribution in [0.1, 0.15) is 42.7 Å². The number of fused-ring (bicyclic) bond motifs is 1. The summed E-state index contributed by atoms with van der Waals surface area (Å²) < 4.78 is 1.88. The van der Waals surface area contributed by atoms with E-state index >= 15 is 0 Å². The Hall–Kier alpha value is -3.22. The number of likely N-dealkylation sites (N-methyl/N-ethyl adjacent to an activating group) is 1. The first-order valence-corrected chi connectivity index (χ1v) is 10.3. The molecule has 7 heteroatoms. The lowest BCUT2D eigenvalue weighted by atomic mass is 10.0. The molecule has 156 valence electrons. The van der Waals surface area contributed by atoms with Crippen molar-refractivity contribution in [2.24, 2.45) is 0 Å². The van der Waals surface area contributed by atoms with Gasteiger partial charge in [0.25, 0.3) is 5.91 Å². The first kappa shape index (κ1) is 20.1. The third kappa shape index (κ3) is 3.34. The standard InChI is InChI=1S/C23H27N5O2/c1-14(2)28-13-17(12-24-28)20-11-19(18-8-6-7-15(3)21(18)25-20)23(30)27-10-9-26(5)22(29)16(27)4/h6-8,11-14,16H,9-10H2,1-5H3/t16-/m0/s1. The number of hydrogen-bond donors (Lipinski definition) is 0. The van der Waals surface area contributed by atoms with Gasteiger partial charge in [0.1, 0.15) is 6.04 Å². The van der Waals surface area contributed by atoms with E-state index < -0.39 is 6.04 Å². The third-order valence-electron chi connectivity index (χ3n) is 5.84. The van der Waals surface area contributed by atoms with Gasteiger partial charge in [-0.3, -0.25) is 14.3 Å². The van der Waals surface area contributed by atoms with Gasteiger partial charge in [0, 0.05) is 43.3 Å². The molecule has 1 aromatic carbocycles. The molecule has 0 spiro atoms. The zero-order valence-electron chi connectivity index (χ0n) is 18.1. The highest BCUT2D eigenvalue weighted by Crippen LogP contribution is 2.29. The quantitative estimate of drug-likeness (QED) is 0.670. The molecule has 0 radical (unpaired) electrons. The highest BCUT2D eigenvalue weighted by Gasteiger charge is 2.34. The van der Waals surface area contributed by atoms with Gasteiger partial charge in [0.05, 0.1) is 23.0 Å². The van der Waals surface area contributed by atoms with Crippen molar-refractivity contribution in [3.63, 3.8) is 0 Å². The summed E-state index contributed by atoms with van der Waals surface area (Å²) in [6.45, 7) is 8.96. The molecule has 3 aromatic rings. The van der Waals surface area contributed by atoms with Gasteiger partial charge >= 0.3 is 0 Å². The number of hydrogen-bond acceptors (Lipinski definition) is 4. The normalized spacial score (nSPS) is 17.3. The van der Waals surface area contributed by atoms with Gasteiger partial charge < -0.3 is 9.80 Å². The summed E-state index contributed by atoms with van der Waals surface area (Å²) in [4.78, 5) is 34.2. The highest BCUT2D eigenvalue weighted by molar-refractivity contribution is 6.09. The van der Waals surface area contributed by atoms with Crippen LogP contribution in [0.2, 0.25) is 0 Å². The average Bonchev–Trinajstić information content (AvgIpc) is 3.22. The second kappa shape index (κ2) is 7.55. The van der Waals surface area contributed by atoms with Gasteiger partial charge in [-0.1, -0.05) is 18.2 Å². The number of benzene rings is 1.